The van der Waals surface area contributed by atoms with Crippen molar-refractivity contribution in [3.8, 4) is 0 Å². The van der Waals surface area contributed by atoms with Crippen LogP contribution in [0.1, 0.15) is 49.2 Å². The van der Waals surface area contributed by atoms with Gasteiger partial charge in [0, 0.05) is 54.6 Å². The summed E-state index contributed by atoms with van der Waals surface area (Å²) in [5.41, 5.74) is 3.98. The monoisotopic (exact) mass is 470 g/mol. The molecule has 33 heavy (non-hydrogen) atoms. The highest BCUT2D eigenvalue weighted by molar-refractivity contribution is 6.31. The summed E-state index contributed by atoms with van der Waals surface area (Å²) in [4.78, 5) is 17.6. The number of rotatable bonds is 6. The first-order valence-corrected chi connectivity index (χ1v) is 12.3. The zero-order valence-corrected chi connectivity index (χ0v) is 20.9. The van der Waals surface area contributed by atoms with E-state index in [4.69, 9.17) is 21.4 Å². The Morgan fingerprint density at radius 2 is 1.94 bits per heavy atom. The largest absolute Gasteiger partial charge is 0.373 e. The normalized spacial score (nSPS) is 24.2. The summed E-state index contributed by atoms with van der Waals surface area (Å²) in [6, 6.07) is 8.09. The van der Waals surface area contributed by atoms with Crippen molar-refractivity contribution >= 4 is 23.6 Å². The Balaban J connectivity index is 1.42. The average Bonchev–Trinajstić information content (AvgIpc) is 3.31. The van der Waals surface area contributed by atoms with Gasteiger partial charge < -0.3 is 9.64 Å². The molecule has 4 rings (SSSR count). The minimum atomic E-state index is 0.0875. The third-order valence-corrected chi connectivity index (χ3v) is 7.10. The van der Waals surface area contributed by atoms with Gasteiger partial charge in [0.1, 0.15) is 0 Å². The summed E-state index contributed by atoms with van der Waals surface area (Å²) in [7, 11) is 0. The Labute approximate surface area is 202 Å². The molecule has 6 nitrogen and oxygen atoms in total. The van der Waals surface area contributed by atoms with E-state index in [0.29, 0.717) is 6.54 Å². The fraction of sp³-hybridized carbons (Fsp3) is 0.538. The van der Waals surface area contributed by atoms with Crippen LogP contribution in [0.15, 0.2) is 30.3 Å². The number of morpholine rings is 1. The quantitative estimate of drug-likeness (QED) is 0.590. The number of hydrogen-bond acceptors (Lipinski definition) is 4. The Hall–Kier alpha value is -2.15. The molecule has 0 N–H and O–H groups in total. The predicted molar refractivity (Wildman–Crippen MR) is 132 cm³/mol. The van der Waals surface area contributed by atoms with Crippen LogP contribution in [-0.4, -0.2) is 69.9 Å². The molecule has 3 unspecified atom stereocenters. The van der Waals surface area contributed by atoms with Crippen LogP contribution in [-0.2, 0) is 16.1 Å². The second kappa shape index (κ2) is 10.4. The number of carbonyl (C=O) groups excluding carboxylic acids is 1. The summed E-state index contributed by atoms with van der Waals surface area (Å²) >= 11 is 6.33. The van der Waals surface area contributed by atoms with Crippen molar-refractivity contribution in [1.82, 2.24) is 19.6 Å². The van der Waals surface area contributed by atoms with E-state index in [1.54, 1.807) is 6.08 Å². The number of benzene rings is 1. The lowest BCUT2D eigenvalue weighted by atomic mass is 10.1. The molecule has 0 aliphatic carbocycles. The number of aromatic nitrogens is 2. The molecule has 0 saturated carbocycles. The molecule has 2 fully saturated rings. The van der Waals surface area contributed by atoms with Gasteiger partial charge in [-0.15, -0.1) is 0 Å². The molecular formula is C26H35ClN4O2. The number of ether oxygens (including phenoxy) is 1. The molecule has 1 aromatic heterocycles. The summed E-state index contributed by atoms with van der Waals surface area (Å²) in [5, 5.41) is 5.43. The van der Waals surface area contributed by atoms with Crippen molar-refractivity contribution in [1.29, 1.82) is 0 Å². The first-order chi connectivity index (χ1) is 15.8. The second-order valence-corrected chi connectivity index (χ2v) is 9.88. The third kappa shape index (κ3) is 5.68. The van der Waals surface area contributed by atoms with E-state index in [1.165, 1.54) is 0 Å². The van der Waals surface area contributed by atoms with E-state index >= 15 is 0 Å². The summed E-state index contributed by atoms with van der Waals surface area (Å²) < 4.78 is 7.82. The van der Waals surface area contributed by atoms with Crippen LogP contribution in [0.25, 0.3) is 6.08 Å². The Morgan fingerprint density at radius 1 is 1.21 bits per heavy atom. The Morgan fingerprint density at radius 3 is 2.67 bits per heavy atom. The van der Waals surface area contributed by atoms with Crippen molar-refractivity contribution in [2.45, 2.75) is 65.3 Å². The number of amides is 1. The molecule has 178 valence electrons. The highest BCUT2D eigenvalue weighted by Crippen LogP contribution is 2.23. The summed E-state index contributed by atoms with van der Waals surface area (Å²) in [6.07, 6.45) is 6.26. The van der Waals surface area contributed by atoms with Gasteiger partial charge in [0.05, 0.1) is 24.4 Å². The smallest absolute Gasteiger partial charge is 0.246 e. The van der Waals surface area contributed by atoms with Gasteiger partial charge in [0.15, 0.2) is 0 Å². The molecule has 1 aromatic carbocycles. The van der Waals surface area contributed by atoms with Gasteiger partial charge in [-0.05, 0) is 58.2 Å². The molecule has 2 aromatic rings. The average molecular weight is 471 g/mol. The molecule has 2 aliphatic heterocycles. The van der Waals surface area contributed by atoms with E-state index in [2.05, 4.69) is 18.7 Å². The maximum atomic E-state index is 13.1. The highest BCUT2D eigenvalue weighted by Gasteiger charge is 2.31. The zero-order valence-electron chi connectivity index (χ0n) is 20.1. The summed E-state index contributed by atoms with van der Waals surface area (Å²) in [5.74, 6) is 0.0875. The van der Waals surface area contributed by atoms with Crippen LogP contribution < -0.4 is 0 Å². The minimum absolute atomic E-state index is 0.0875. The van der Waals surface area contributed by atoms with Crippen molar-refractivity contribution < 1.29 is 9.53 Å². The lowest BCUT2D eigenvalue weighted by Gasteiger charge is -2.38. The van der Waals surface area contributed by atoms with Crippen LogP contribution in [0.4, 0.5) is 0 Å². The molecule has 2 saturated heterocycles. The molecular weight excluding hydrogens is 436 g/mol. The molecule has 2 aliphatic rings. The maximum absolute atomic E-state index is 13.1. The fourth-order valence-corrected chi connectivity index (χ4v) is 5.39. The lowest BCUT2D eigenvalue weighted by molar-refractivity contribution is -0.127. The van der Waals surface area contributed by atoms with Gasteiger partial charge in [0.2, 0.25) is 5.91 Å². The van der Waals surface area contributed by atoms with Gasteiger partial charge in [-0.1, -0.05) is 29.8 Å². The van der Waals surface area contributed by atoms with Crippen LogP contribution in [0.3, 0.4) is 0 Å². The van der Waals surface area contributed by atoms with E-state index in [-0.39, 0.29) is 24.2 Å². The van der Waals surface area contributed by atoms with E-state index in [9.17, 15) is 4.79 Å². The first kappa shape index (κ1) is 24.0. The zero-order chi connectivity index (χ0) is 23.5. The van der Waals surface area contributed by atoms with Crippen molar-refractivity contribution in [3.63, 3.8) is 0 Å². The minimum Gasteiger partial charge on any atom is -0.373 e. The van der Waals surface area contributed by atoms with Gasteiger partial charge in [-0.3, -0.25) is 14.4 Å². The molecule has 1 amide bonds. The Bertz CT molecular complexity index is 1010. The summed E-state index contributed by atoms with van der Waals surface area (Å²) in [6.45, 7) is 12.5. The van der Waals surface area contributed by atoms with Gasteiger partial charge in [-0.25, -0.2) is 0 Å². The van der Waals surface area contributed by atoms with Crippen molar-refractivity contribution in [3.05, 3.63) is 57.9 Å². The Kier molecular flexibility index (Phi) is 7.57. The SMILES string of the molecule is Cc1nn(Cc2ccccc2Cl)c(C)c1/C=C/C(=O)N1CCCC1CN1CC(C)OC(C)C1. The number of carbonyl (C=O) groups is 1. The molecule has 7 heteroatoms. The molecule has 3 heterocycles. The third-order valence-electron chi connectivity index (χ3n) is 6.73. The fourth-order valence-electron chi connectivity index (χ4n) is 5.19. The van der Waals surface area contributed by atoms with Gasteiger partial charge in [0.25, 0.3) is 0 Å². The number of nitrogens with zero attached hydrogens (tertiary/aromatic N) is 4. The number of halogens is 1. The maximum Gasteiger partial charge on any atom is 0.246 e. The van der Waals surface area contributed by atoms with Crippen molar-refractivity contribution in [2.75, 3.05) is 26.2 Å². The van der Waals surface area contributed by atoms with Crippen LogP contribution >= 0.6 is 11.6 Å². The standard InChI is InChI=1S/C26H35ClN4O2/c1-18-14-29(15-19(2)33-18)17-23-9-7-13-30(23)26(32)12-11-24-20(3)28-31(21(24)4)16-22-8-5-6-10-25(22)27/h5-6,8,10-12,18-19,23H,7,9,13-17H2,1-4H3/b12-11+. The second-order valence-electron chi connectivity index (χ2n) is 9.47. The molecule has 0 radical (unpaired) electrons. The van der Waals surface area contributed by atoms with Gasteiger partial charge >= 0.3 is 0 Å². The van der Waals surface area contributed by atoms with E-state index in [1.807, 2.05) is 53.8 Å². The number of likely N-dealkylation sites (tertiary alicyclic amines) is 1. The van der Waals surface area contributed by atoms with Crippen LogP contribution in [0, 0.1) is 13.8 Å². The predicted octanol–water partition coefficient (Wildman–Crippen LogP) is 4.32. The number of hydrogen-bond donors (Lipinski definition) is 0. The number of aryl methyl sites for hydroxylation is 1. The topological polar surface area (TPSA) is 50.6 Å². The lowest BCUT2D eigenvalue weighted by Crippen LogP contribution is -2.50. The van der Waals surface area contributed by atoms with E-state index in [0.717, 1.165) is 66.6 Å². The molecule has 3 atom stereocenters. The van der Waals surface area contributed by atoms with E-state index < -0.39 is 0 Å². The van der Waals surface area contributed by atoms with Crippen LogP contribution in [0.2, 0.25) is 5.02 Å². The van der Waals surface area contributed by atoms with Crippen molar-refractivity contribution in [2.24, 2.45) is 0 Å². The van der Waals surface area contributed by atoms with Crippen LogP contribution in [0.5, 0.6) is 0 Å². The van der Waals surface area contributed by atoms with Gasteiger partial charge in [-0.2, -0.15) is 5.10 Å². The first-order valence-electron chi connectivity index (χ1n) is 12.0. The molecule has 0 bridgehead atoms. The highest BCUT2D eigenvalue weighted by atomic mass is 35.5. The molecule has 0 spiro atoms.